The van der Waals surface area contributed by atoms with Gasteiger partial charge >= 0.3 is 0 Å². The van der Waals surface area contributed by atoms with Gasteiger partial charge < -0.3 is 23.5 Å². The molecule has 0 unspecified atom stereocenters. The summed E-state index contributed by atoms with van der Waals surface area (Å²) in [6.07, 6.45) is 1.67. The van der Waals surface area contributed by atoms with E-state index in [1.165, 1.54) is 17.0 Å². The summed E-state index contributed by atoms with van der Waals surface area (Å²) in [6.45, 7) is 5.76. The Morgan fingerprint density at radius 1 is 1.02 bits per heavy atom. The molecule has 1 aliphatic heterocycles. The summed E-state index contributed by atoms with van der Waals surface area (Å²) in [5, 5.41) is 3.39. The maximum atomic E-state index is 13.8. The van der Waals surface area contributed by atoms with Crippen molar-refractivity contribution in [2.24, 2.45) is 0 Å². The molecular weight excluding hydrogens is 544 g/mol. The molecule has 1 amide bonds. The number of piperazine rings is 1. The van der Waals surface area contributed by atoms with Crippen molar-refractivity contribution in [3.05, 3.63) is 111 Å². The van der Waals surface area contributed by atoms with Crippen molar-refractivity contribution in [2.45, 2.75) is 20.1 Å². The number of amides is 1. The number of para-hydroxylation sites is 2. The molecule has 9 heteroatoms. The number of aromatic nitrogens is 2. The lowest BCUT2D eigenvalue weighted by molar-refractivity contribution is 0.0746. The van der Waals surface area contributed by atoms with Crippen LogP contribution in [0, 0.1) is 6.92 Å². The average Bonchev–Trinajstić information content (AvgIpc) is 3.75. The third-order valence-corrected chi connectivity index (χ3v) is 8.32. The smallest absolute Gasteiger partial charge is 0.255 e. The number of thiazole rings is 1. The Balaban J connectivity index is 1.23. The second-order valence-corrected chi connectivity index (χ2v) is 11.0. The van der Waals surface area contributed by atoms with E-state index >= 15 is 0 Å². The monoisotopic (exact) mass is 572 g/mol. The average molecular weight is 573 g/mol. The summed E-state index contributed by atoms with van der Waals surface area (Å²) in [4.78, 5) is 22.9. The number of furan rings is 1. The second-order valence-electron chi connectivity index (χ2n) is 9.65. The van der Waals surface area contributed by atoms with Gasteiger partial charge in [0.2, 0.25) is 0 Å². The number of halogens is 1. The van der Waals surface area contributed by atoms with Crippen molar-refractivity contribution in [3.8, 4) is 17.1 Å². The zero-order valence-corrected chi connectivity index (χ0v) is 23.7. The maximum absolute atomic E-state index is 13.8. The van der Waals surface area contributed by atoms with E-state index in [-0.39, 0.29) is 5.91 Å². The minimum Gasteiger partial charge on any atom is -0.485 e. The van der Waals surface area contributed by atoms with Crippen LogP contribution in [0.3, 0.4) is 0 Å². The van der Waals surface area contributed by atoms with Gasteiger partial charge in [0, 0.05) is 42.9 Å². The zero-order chi connectivity index (χ0) is 27.5. The van der Waals surface area contributed by atoms with Gasteiger partial charge in [0.15, 0.2) is 0 Å². The van der Waals surface area contributed by atoms with Gasteiger partial charge in [-0.25, -0.2) is 4.98 Å². The largest absolute Gasteiger partial charge is 0.485 e. The Bertz CT molecular complexity index is 1590. The summed E-state index contributed by atoms with van der Waals surface area (Å²) in [5.74, 6) is 1.48. The Hall–Kier alpha value is -4.01. The molecule has 0 aliphatic carbocycles. The van der Waals surface area contributed by atoms with Crippen LogP contribution in [0.25, 0.3) is 11.4 Å². The normalized spacial score (nSPS) is 13.6. The van der Waals surface area contributed by atoms with E-state index in [4.69, 9.17) is 25.7 Å². The first kappa shape index (κ1) is 26.2. The van der Waals surface area contributed by atoms with Crippen LogP contribution in [0.1, 0.15) is 26.8 Å². The van der Waals surface area contributed by atoms with Crippen LogP contribution in [0.2, 0.25) is 5.02 Å². The number of hydrogen-bond acceptors (Lipinski definition) is 6. The van der Waals surface area contributed by atoms with Gasteiger partial charge in [0.1, 0.15) is 23.1 Å². The molecule has 1 aliphatic rings. The fourth-order valence-electron chi connectivity index (χ4n) is 5.01. The molecule has 5 aromatic rings. The Morgan fingerprint density at radius 3 is 2.55 bits per heavy atom. The highest BCUT2D eigenvalue weighted by Crippen LogP contribution is 2.31. The van der Waals surface area contributed by atoms with E-state index < -0.39 is 0 Å². The van der Waals surface area contributed by atoms with E-state index in [2.05, 4.69) is 21.6 Å². The molecule has 0 saturated carbocycles. The molecule has 0 atom stereocenters. The molecule has 40 heavy (non-hydrogen) atoms. The van der Waals surface area contributed by atoms with Crippen molar-refractivity contribution in [2.75, 3.05) is 31.1 Å². The number of hydrogen-bond donors (Lipinski definition) is 0. The van der Waals surface area contributed by atoms with E-state index in [1.807, 2.05) is 71.8 Å². The van der Waals surface area contributed by atoms with Crippen molar-refractivity contribution in [1.29, 1.82) is 0 Å². The lowest BCUT2D eigenvalue weighted by atomic mass is 10.1. The molecule has 7 nitrogen and oxygen atoms in total. The third kappa shape index (κ3) is 5.50. The van der Waals surface area contributed by atoms with E-state index in [0.717, 1.165) is 40.9 Å². The quantitative estimate of drug-likeness (QED) is 0.206. The number of benzene rings is 2. The first-order valence-corrected chi connectivity index (χ1v) is 14.5. The molecule has 6 rings (SSSR count). The number of nitrogens with zero attached hydrogens (tertiary/aromatic N) is 4. The topological polar surface area (TPSA) is 63.7 Å². The number of anilines is 1. The third-order valence-electron chi connectivity index (χ3n) is 7.18. The predicted molar refractivity (Wildman–Crippen MR) is 158 cm³/mol. The lowest BCUT2D eigenvalue weighted by Crippen LogP contribution is -2.48. The van der Waals surface area contributed by atoms with Crippen LogP contribution in [-0.2, 0) is 13.2 Å². The number of carbonyl (C=O) groups excluding carboxylic acids is 1. The molecule has 0 N–H and O–H groups in total. The Labute approximate surface area is 242 Å². The molecule has 0 bridgehead atoms. The summed E-state index contributed by atoms with van der Waals surface area (Å²) in [6, 6.07) is 23.5. The van der Waals surface area contributed by atoms with Crippen molar-refractivity contribution < 1.29 is 13.9 Å². The molecule has 4 heterocycles. The zero-order valence-electron chi connectivity index (χ0n) is 22.1. The van der Waals surface area contributed by atoms with Gasteiger partial charge in [-0.15, -0.1) is 11.3 Å². The van der Waals surface area contributed by atoms with Crippen LogP contribution in [0.4, 0.5) is 5.69 Å². The minimum absolute atomic E-state index is 0.0437. The maximum Gasteiger partial charge on any atom is 0.255 e. The number of carbonyl (C=O) groups is 1. The van der Waals surface area contributed by atoms with Crippen molar-refractivity contribution in [1.82, 2.24) is 14.5 Å². The van der Waals surface area contributed by atoms with Crippen LogP contribution in [0.5, 0.6) is 5.75 Å². The summed E-state index contributed by atoms with van der Waals surface area (Å²) >= 11 is 7.76. The molecule has 0 spiro atoms. The molecule has 204 valence electrons. The Morgan fingerprint density at radius 2 is 1.80 bits per heavy atom. The standard InChI is InChI=1S/C31H29ClN4O3S/c1-22-25(31(37)35-15-13-34(14-16-35)23-8-3-2-4-9-23)18-28(36(22)19-24-10-7-17-38-24)27-21-40-30(33-27)20-39-29-12-6-5-11-26(29)32/h2-12,17-18,21H,13-16,19-20H2,1H3. The number of ether oxygens (including phenoxy) is 1. The second kappa shape index (κ2) is 11.6. The summed E-state index contributed by atoms with van der Waals surface area (Å²) in [5.41, 5.74) is 4.45. The lowest BCUT2D eigenvalue weighted by Gasteiger charge is -2.36. The van der Waals surface area contributed by atoms with Gasteiger partial charge in [-0.2, -0.15) is 0 Å². The highest BCUT2D eigenvalue weighted by atomic mass is 35.5. The van der Waals surface area contributed by atoms with Crippen LogP contribution < -0.4 is 9.64 Å². The van der Waals surface area contributed by atoms with Crippen LogP contribution in [-0.4, -0.2) is 46.5 Å². The minimum atomic E-state index is 0.0437. The summed E-state index contributed by atoms with van der Waals surface area (Å²) < 4.78 is 13.7. The first-order chi connectivity index (χ1) is 19.6. The molecular formula is C31H29ClN4O3S. The van der Waals surface area contributed by atoms with Crippen LogP contribution >= 0.6 is 22.9 Å². The number of rotatable bonds is 8. The van der Waals surface area contributed by atoms with Gasteiger partial charge in [-0.05, 0) is 49.4 Å². The van der Waals surface area contributed by atoms with Gasteiger partial charge in [-0.3, -0.25) is 4.79 Å². The fraction of sp³-hybridized carbons (Fsp3) is 0.226. The molecule has 1 fully saturated rings. The fourth-order valence-corrected chi connectivity index (χ4v) is 5.90. The first-order valence-electron chi connectivity index (χ1n) is 13.2. The molecule has 2 aromatic carbocycles. The molecule has 1 saturated heterocycles. The SMILES string of the molecule is Cc1c(C(=O)N2CCN(c3ccccc3)CC2)cc(-c2csc(COc3ccccc3Cl)n2)n1Cc1ccco1. The van der Waals surface area contributed by atoms with Crippen LogP contribution in [0.15, 0.2) is 88.9 Å². The van der Waals surface area contributed by atoms with E-state index in [0.29, 0.717) is 42.6 Å². The van der Waals surface area contributed by atoms with E-state index in [1.54, 1.807) is 12.3 Å². The summed E-state index contributed by atoms with van der Waals surface area (Å²) in [7, 11) is 0. The molecule has 3 aromatic heterocycles. The Kier molecular flexibility index (Phi) is 7.62. The van der Waals surface area contributed by atoms with Gasteiger partial charge in [0.05, 0.1) is 34.8 Å². The van der Waals surface area contributed by atoms with E-state index in [9.17, 15) is 4.79 Å². The van der Waals surface area contributed by atoms with Crippen molar-refractivity contribution >= 4 is 34.5 Å². The molecule has 0 radical (unpaired) electrons. The highest BCUT2D eigenvalue weighted by Gasteiger charge is 2.27. The van der Waals surface area contributed by atoms with Gasteiger partial charge in [-0.1, -0.05) is 41.9 Å². The predicted octanol–water partition coefficient (Wildman–Crippen LogP) is 6.76. The highest BCUT2D eigenvalue weighted by molar-refractivity contribution is 7.09. The van der Waals surface area contributed by atoms with Gasteiger partial charge in [0.25, 0.3) is 5.91 Å². The van der Waals surface area contributed by atoms with Crippen molar-refractivity contribution in [3.63, 3.8) is 0 Å².